The summed E-state index contributed by atoms with van der Waals surface area (Å²) in [6.07, 6.45) is 1.98. The Morgan fingerprint density at radius 3 is 2.44 bits per heavy atom. The molecule has 134 valence electrons. The second-order valence-electron chi connectivity index (χ2n) is 5.76. The van der Waals surface area contributed by atoms with Crippen LogP contribution >= 0.6 is 23.4 Å². The molecule has 2 aromatic rings. The molecule has 0 aliphatic carbocycles. The van der Waals surface area contributed by atoms with Gasteiger partial charge in [-0.2, -0.15) is 0 Å². The molecule has 0 bridgehead atoms. The van der Waals surface area contributed by atoms with E-state index in [1.807, 2.05) is 30.5 Å². The minimum Gasteiger partial charge on any atom is -0.348 e. The molecule has 0 aliphatic rings. The third kappa shape index (κ3) is 5.50. The van der Waals surface area contributed by atoms with E-state index in [2.05, 4.69) is 36.2 Å². The first kappa shape index (κ1) is 19.8. The van der Waals surface area contributed by atoms with Gasteiger partial charge in [0.1, 0.15) is 0 Å². The molecule has 0 saturated carbocycles. The molecule has 2 aromatic carbocycles. The Morgan fingerprint density at radius 1 is 1.12 bits per heavy atom. The van der Waals surface area contributed by atoms with Crippen LogP contribution in [0.15, 0.2) is 47.4 Å². The zero-order valence-electron chi connectivity index (χ0n) is 15.0. The molecule has 3 nitrogen and oxygen atoms in total. The predicted molar refractivity (Wildman–Crippen MR) is 107 cm³/mol. The number of nitrogens with one attached hydrogen (secondary N) is 1. The van der Waals surface area contributed by atoms with E-state index in [1.54, 1.807) is 17.8 Å². The normalized spacial score (nSPS) is 10.9. The van der Waals surface area contributed by atoms with Gasteiger partial charge < -0.3 is 5.32 Å². The van der Waals surface area contributed by atoms with Crippen LogP contribution in [0.25, 0.3) is 0 Å². The Balaban J connectivity index is 2.10. The third-order valence-electron chi connectivity index (χ3n) is 4.26. The van der Waals surface area contributed by atoms with E-state index < -0.39 is 0 Å². The molecule has 1 N–H and O–H groups in total. The van der Waals surface area contributed by atoms with Gasteiger partial charge in [-0.25, -0.2) is 0 Å². The molecule has 0 saturated heterocycles. The highest BCUT2D eigenvalue weighted by Gasteiger charge is 2.12. The minimum absolute atomic E-state index is 0.140. The standard InChI is InChI=1S/C20H25ClN2OS/c1-4-23(5-2)14-16-9-7-6-8-15(16)13-22-20(24)18-12-17(25-3)10-11-19(18)21/h6-12H,4-5,13-14H2,1-3H3,(H,22,24). The van der Waals surface area contributed by atoms with Crippen molar-refractivity contribution < 1.29 is 4.79 Å². The van der Waals surface area contributed by atoms with Crippen LogP contribution in [0.5, 0.6) is 0 Å². The van der Waals surface area contributed by atoms with Gasteiger partial charge in [-0.15, -0.1) is 11.8 Å². The Hall–Kier alpha value is -1.49. The Morgan fingerprint density at radius 2 is 1.80 bits per heavy atom. The fourth-order valence-electron chi connectivity index (χ4n) is 2.65. The predicted octanol–water partition coefficient (Wildman–Crippen LogP) is 4.83. The second kappa shape index (κ2) is 9.85. The fraction of sp³-hybridized carbons (Fsp3) is 0.350. The Kier molecular flexibility index (Phi) is 7.82. The first-order chi connectivity index (χ1) is 12.1. The van der Waals surface area contributed by atoms with E-state index in [-0.39, 0.29) is 5.91 Å². The molecular formula is C20H25ClN2OS. The molecular weight excluding hydrogens is 352 g/mol. The average Bonchev–Trinajstić information content (AvgIpc) is 2.65. The molecule has 25 heavy (non-hydrogen) atoms. The van der Waals surface area contributed by atoms with Gasteiger partial charge in [0.2, 0.25) is 0 Å². The monoisotopic (exact) mass is 376 g/mol. The van der Waals surface area contributed by atoms with Crippen LogP contribution < -0.4 is 5.32 Å². The summed E-state index contributed by atoms with van der Waals surface area (Å²) in [5, 5.41) is 3.48. The number of hydrogen-bond donors (Lipinski definition) is 1. The summed E-state index contributed by atoms with van der Waals surface area (Å²) in [4.78, 5) is 15.9. The number of amides is 1. The number of hydrogen-bond acceptors (Lipinski definition) is 3. The van der Waals surface area contributed by atoms with Gasteiger partial charge in [0.15, 0.2) is 0 Å². The van der Waals surface area contributed by atoms with Gasteiger partial charge in [0, 0.05) is 18.0 Å². The van der Waals surface area contributed by atoms with Crippen LogP contribution in [0, 0.1) is 0 Å². The maximum absolute atomic E-state index is 12.5. The summed E-state index contributed by atoms with van der Waals surface area (Å²) >= 11 is 7.78. The highest BCUT2D eigenvalue weighted by Crippen LogP contribution is 2.23. The second-order valence-corrected chi connectivity index (χ2v) is 7.05. The summed E-state index contributed by atoms with van der Waals surface area (Å²) < 4.78 is 0. The Labute approximate surface area is 159 Å². The Bertz CT molecular complexity index is 717. The van der Waals surface area contributed by atoms with Crippen LogP contribution in [-0.4, -0.2) is 30.2 Å². The van der Waals surface area contributed by atoms with E-state index in [9.17, 15) is 4.79 Å². The zero-order chi connectivity index (χ0) is 18.2. The van der Waals surface area contributed by atoms with Crippen molar-refractivity contribution in [2.45, 2.75) is 31.8 Å². The number of carbonyl (C=O) groups excluding carboxylic acids is 1. The van der Waals surface area contributed by atoms with E-state index in [0.717, 1.165) is 30.1 Å². The molecule has 0 aliphatic heterocycles. The molecule has 0 heterocycles. The van der Waals surface area contributed by atoms with Crippen LogP contribution in [0.4, 0.5) is 0 Å². The molecule has 0 spiro atoms. The van der Waals surface area contributed by atoms with Crippen LogP contribution in [0.1, 0.15) is 35.3 Å². The van der Waals surface area contributed by atoms with Gasteiger partial charge in [-0.05, 0) is 48.7 Å². The zero-order valence-corrected chi connectivity index (χ0v) is 16.6. The van der Waals surface area contributed by atoms with E-state index in [1.165, 1.54) is 5.56 Å². The smallest absolute Gasteiger partial charge is 0.253 e. The molecule has 0 atom stereocenters. The highest BCUT2D eigenvalue weighted by atomic mass is 35.5. The quantitative estimate of drug-likeness (QED) is 0.669. The lowest BCUT2D eigenvalue weighted by Crippen LogP contribution is -2.26. The van der Waals surface area contributed by atoms with E-state index >= 15 is 0 Å². The van der Waals surface area contributed by atoms with Gasteiger partial charge in [-0.1, -0.05) is 49.7 Å². The number of carbonyl (C=O) groups is 1. The SMILES string of the molecule is CCN(CC)Cc1ccccc1CNC(=O)c1cc(SC)ccc1Cl. The number of halogens is 1. The van der Waals surface area contributed by atoms with Crippen molar-refractivity contribution in [2.75, 3.05) is 19.3 Å². The number of rotatable bonds is 8. The van der Waals surface area contributed by atoms with E-state index in [0.29, 0.717) is 17.1 Å². The molecule has 2 rings (SSSR count). The van der Waals surface area contributed by atoms with Gasteiger partial charge in [-0.3, -0.25) is 9.69 Å². The number of benzene rings is 2. The summed E-state index contributed by atoms with van der Waals surface area (Å²) in [6, 6.07) is 13.8. The molecule has 0 radical (unpaired) electrons. The topological polar surface area (TPSA) is 32.3 Å². The van der Waals surface area contributed by atoms with Crippen molar-refractivity contribution >= 4 is 29.3 Å². The summed E-state index contributed by atoms with van der Waals surface area (Å²) in [5.74, 6) is -0.140. The molecule has 1 amide bonds. The van der Waals surface area contributed by atoms with E-state index in [4.69, 9.17) is 11.6 Å². The summed E-state index contributed by atoms with van der Waals surface area (Å²) in [7, 11) is 0. The first-order valence-electron chi connectivity index (χ1n) is 8.49. The molecule has 0 aromatic heterocycles. The third-order valence-corrected chi connectivity index (χ3v) is 5.32. The van der Waals surface area contributed by atoms with Crippen molar-refractivity contribution in [3.8, 4) is 0 Å². The molecule has 5 heteroatoms. The van der Waals surface area contributed by atoms with Gasteiger partial charge in [0.25, 0.3) is 5.91 Å². The first-order valence-corrected chi connectivity index (χ1v) is 10.1. The van der Waals surface area contributed by atoms with Crippen LogP contribution in [-0.2, 0) is 13.1 Å². The van der Waals surface area contributed by atoms with Gasteiger partial charge in [0.05, 0.1) is 10.6 Å². The average molecular weight is 377 g/mol. The number of thioether (sulfide) groups is 1. The maximum Gasteiger partial charge on any atom is 0.253 e. The number of nitrogens with zero attached hydrogens (tertiary/aromatic N) is 1. The van der Waals surface area contributed by atoms with Crippen molar-refractivity contribution in [3.05, 3.63) is 64.2 Å². The van der Waals surface area contributed by atoms with Crippen molar-refractivity contribution in [1.29, 1.82) is 0 Å². The maximum atomic E-state index is 12.5. The molecule has 0 fully saturated rings. The fourth-order valence-corrected chi connectivity index (χ4v) is 3.29. The van der Waals surface area contributed by atoms with Crippen LogP contribution in [0.2, 0.25) is 5.02 Å². The van der Waals surface area contributed by atoms with Crippen molar-refractivity contribution in [3.63, 3.8) is 0 Å². The molecule has 0 unspecified atom stereocenters. The largest absolute Gasteiger partial charge is 0.348 e. The lowest BCUT2D eigenvalue weighted by atomic mass is 10.1. The van der Waals surface area contributed by atoms with Crippen molar-refractivity contribution in [1.82, 2.24) is 10.2 Å². The lowest BCUT2D eigenvalue weighted by molar-refractivity contribution is 0.0950. The van der Waals surface area contributed by atoms with Gasteiger partial charge >= 0.3 is 0 Å². The summed E-state index contributed by atoms with van der Waals surface area (Å²) in [5.41, 5.74) is 2.91. The van der Waals surface area contributed by atoms with Crippen molar-refractivity contribution in [2.24, 2.45) is 0 Å². The van der Waals surface area contributed by atoms with Crippen LogP contribution in [0.3, 0.4) is 0 Å². The highest BCUT2D eigenvalue weighted by molar-refractivity contribution is 7.98. The lowest BCUT2D eigenvalue weighted by Gasteiger charge is -2.20. The summed E-state index contributed by atoms with van der Waals surface area (Å²) in [6.45, 7) is 7.73. The minimum atomic E-state index is -0.140.